The maximum absolute atomic E-state index is 5.81. The molecule has 23 heavy (non-hydrogen) atoms. The Morgan fingerprint density at radius 3 is 3.04 bits per heavy atom. The van der Waals surface area contributed by atoms with Crippen molar-refractivity contribution in [2.75, 3.05) is 26.9 Å². The number of guanidine groups is 1. The van der Waals surface area contributed by atoms with Gasteiger partial charge in [0.25, 0.3) is 0 Å². The zero-order valence-corrected chi connectivity index (χ0v) is 16.4. The van der Waals surface area contributed by atoms with Gasteiger partial charge in [-0.15, -0.1) is 24.0 Å². The van der Waals surface area contributed by atoms with Gasteiger partial charge in [-0.25, -0.2) is 0 Å². The summed E-state index contributed by atoms with van der Waals surface area (Å²) in [7, 11) is 1.76. The lowest BCUT2D eigenvalue weighted by atomic mass is 10.2. The molecule has 0 aromatic carbocycles. The van der Waals surface area contributed by atoms with Crippen LogP contribution in [0.5, 0.6) is 0 Å². The van der Waals surface area contributed by atoms with Crippen molar-refractivity contribution in [3.8, 4) is 0 Å². The molecule has 130 valence electrons. The molecule has 1 aromatic heterocycles. The molecule has 1 aliphatic rings. The standard InChI is InChI=1S/C16H26N4O2.HI/c1-12-5-4-7-18-15(12)9-19-16(17-3)20-13(2)10-22-14-6-8-21-11-14;/h4-5,7,13-14H,6,8-11H2,1-3H3,(H2,17,19,20);1H. The van der Waals surface area contributed by atoms with Crippen molar-refractivity contribution in [3.63, 3.8) is 0 Å². The molecule has 2 atom stereocenters. The zero-order valence-electron chi connectivity index (χ0n) is 14.0. The highest BCUT2D eigenvalue weighted by Gasteiger charge is 2.17. The Labute approximate surface area is 155 Å². The van der Waals surface area contributed by atoms with E-state index >= 15 is 0 Å². The number of aromatic nitrogens is 1. The quantitative estimate of drug-likeness (QED) is 0.407. The normalized spacial score (nSPS) is 19.1. The summed E-state index contributed by atoms with van der Waals surface area (Å²) >= 11 is 0. The Kier molecular flexibility index (Phi) is 9.42. The number of aliphatic imine (C=N–C) groups is 1. The SMILES string of the molecule is CN=C(NCc1ncccc1C)NC(C)COC1CCOC1.I. The molecule has 1 fully saturated rings. The van der Waals surface area contributed by atoms with Crippen molar-refractivity contribution in [3.05, 3.63) is 29.6 Å². The van der Waals surface area contributed by atoms with E-state index in [2.05, 4.69) is 40.5 Å². The topological polar surface area (TPSA) is 67.8 Å². The first kappa shape index (κ1) is 20.1. The van der Waals surface area contributed by atoms with Crippen LogP contribution in [0.3, 0.4) is 0 Å². The van der Waals surface area contributed by atoms with Gasteiger partial charge in [-0.3, -0.25) is 9.98 Å². The second kappa shape index (κ2) is 10.8. The van der Waals surface area contributed by atoms with Crippen LogP contribution < -0.4 is 10.6 Å². The van der Waals surface area contributed by atoms with Crippen LogP contribution in [0.1, 0.15) is 24.6 Å². The molecular weight excluding hydrogens is 407 g/mol. The van der Waals surface area contributed by atoms with Crippen molar-refractivity contribution in [2.24, 2.45) is 4.99 Å². The molecule has 2 rings (SSSR count). The van der Waals surface area contributed by atoms with Crippen LogP contribution in [0.2, 0.25) is 0 Å². The van der Waals surface area contributed by atoms with Gasteiger partial charge in [0.15, 0.2) is 5.96 Å². The van der Waals surface area contributed by atoms with E-state index in [0.717, 1.165) is 24.7 Å². The minimum atomic E-state index is 0. The Bertz CT molecular complexity index is 493. The number of nitrogens with one attached hydrogen (secondary N) is 2. The molecule has 0 bridgehead atoms. The van der Waals surface area contributed by atoms with Gasteiger partial charge in [0.05, 0.1) is 31.6 Å². The Hall–Kier alpha value is -0.930. The highest BCUT2D eigenvalue weighted by Crippen LogP contribution is 2.08. The maximum atomic E-state index is 5.81. The third-order valence-corrected chi connectivity index (χ3v) is 3.62. The Morgan fingerprint density at radius 2 is 2.39 bits per heavy atom. The molecule has 7 heteroatoms. The van der Waals surface area contributed by atoms with Crippen LogP contribution in [-0.4, -0.2) is 50.0 Å². The van der Waals surface area contributed by atoms with Gasteiger partial charge in [-0.05, 0) is 31.9 Å². The van der Waals surface area contributed by atoms with Gasteiger partial charge in [-0.1, -0.05) is 6.07 Å². The number of ether oxygens (including phenoxy) is 2. The third kappa shape index (κ3) is 7.01. The van der Waals surface area contributed by atoms with E-state index in [1.165, 1.54) is 5.56 Å². The fourth-order valence-corrected chi connectivity index (χ4v) is 2.27. The lowest BCUT2D eigenvalue weighted by Gasteiger charge is -2.19. The van der Waals surface area contributed by atoms with Crippen molar-refractivity contribution in [1.82, 2.24) is 15.6 Å². The summed E-state index contributed by atoms with van der Waals surface area (Å²) in [6, 6.07) is 4.18. The smallest absolute Gasteiger partial charge is 0.191 e. The molecule has 0 spiro atoms. The maximum Gasteiger partial charge on any atom is 0.191 e. The first-order chi connectivity index (χ1) is 10.7. The molecule has 0 saturated carbocycles. The summed E-state index contributed by atoms with van der Waals surface area (Å²) in [5.41, 5.74) is 2.19. The van der Waals surface area contributed by atoms with E-state index in [4.69, 9.17) is 9.47 Å². The predicted molar refractivity (Wildman–Crippen MR) is 102 cm³/mol. The van der Waals surface area contributed by atoms with Crippen molar-refractivity contribution >= 4 is 29.9 Å². The summed E-state index contributed by atoms with van der Waals surface area (Å²) in [6.45, 7) is 6.93. The van der Waals surface area contributed by atoms with E-state index in [9.17, 15) is 0 Å². The van der Waals surface area contributed by atoms with Crippen LogP contribution >= 0.6 is 24.0 Å². The average Bonchev–Trinajstić information content (AvgIpc) is 3.04. The van der Waals surface area contributed by atoms with Gasteiger partial charge >= 0.3 is 0 Å². The monoisotopic (exact) mass is 434 g/mol. The highest BCUT2D eigenvalue weighted by molar-refractivity contribution is 14.0. The van der Waals surface area contributed by atoms with Crippen LogP contribution in [-0.2, 0) is 16.0 Å². The molecule has 0 aliphatic carbocycles. The summed E-state index contributed by atoms with van der Waals surface area (Å²) in [5.74, 6) is 0.754. The van der Waals surface area contributed by atoms with Crippen LogP contribution in [0.4, 0.5) is 0 Å². The summed E-state index contributed by atoms with van der Waals surface area (Å²) in [4.78, 5) is 8.61. The molecule has 1 saturated heterocycles. The lowest BCUT2D eigenvalue weighted by Crippen LogP contribution is -2.44. The molecule has 1 aliphatic heterocycles. The van der Waals surface area contributed by atoms with Crippen molar-refractivity contribution in [1.29, 1.82) is 0 Å². The summed E-state index contributed by atoms with van der Waals surface area (Å²) in [5, 5.41) is 6.61. The van der Waals surface area contributed by atoms with Crippen molar-refractivity contribution < 1.29 is 9.47 Å². The number of halogens is 1. The summed E-state index contributed by atoms with van der Waals surface area (Å²) in [6.07, 6.45) is 3.02. The fourth-order valence-electron chi connectivity index (χ4n) is 2.27. The number of hydrogen-bond acceptors (Lipinski definition) is 4. The Morgan fingerprint density at radius 1 is 1.57 bits per heavy atom. The second-order valence-electron chi connectivity index (χ2n) is 5.56. The van der Waals surface area contributed by atoms with Gasteiger partial charge in [0.2, 0.25) is 0 Å². The molecular formula is C16H27IN4O2. The van der Waals surface area contributed by atoms with Crippen LogP contribution in [0.25, 0.3) is 0 Å². The van der Waals surface area contributed by atoms with E-state index in [-0.39, 0.29) is 36.1 Å². The van der Waals surface area contributed by atoms with Gasteiger partial charge in [-0.2, -0.15) is 0 Å². The lowest BCUT2D eigenvalue weighted by molar-refractivity contribution is 0.0347. The second-order valence-corrected chi connectivity index (χ2v) is 5.56. The highest BCUT2D eigenvalue weighted by atomic mass is 127. The van der Waals surface area contributed by atoms with Crippen molar-refractivity contribution in [2.45, 2.75) is 39.0 Å². The molecule has 1 aromatic rings. The van der Waals surface area contributed by atoms with Crippen LogP contribution in [0.15, 0.2) is 23.3 Å². The molecule has 6 nitrogen and oxygen atoms in total. The van der Waals surface area contributed by atoms with Crippen LogP contribution in [0, 0.1) is 6.92 Å². The average molecular weight is 434 g/mol. The van der Waals surface area contributed by atoms with Gasteiger partial charge < -0.3 is 20.1 Å². The number of aryl methyl sites for hydroxylation is 1. The largest absolute Gasteiger partial charge is 0.379 e. The number of hydrogen-bond donors (Lipinski definition) is 2. The van der Waals surface area contributed by atoms with E-state index < -0.39 is 0 Å². The Balaban J connectivity index is 0.00000264. The zero-order chi connectivity index (χ0) is 15.8. The van der Waals surface area contributed by atoms with E-state index in [0.29, 0.717) is 19.8 Å². The third-order valence-electron chi connectivity index (χ3n) is 3.62. The number of nitrogens with zero attached hydrogens (tertiary/aromatic N) is 2. The molecule has 0 amide bonds. The molecule has 2 heterocycles. The number of rotatable bonds is 6. The van der Waals surface area contributed by atoms with Gasteiger partial charge in [0.1, 0.15) is 0 Å². The minimum absolute atomic E-state index is 0. The fraction of sp³-hybridized carbons (Fsp3) is 0.625. The minimum Gasteiger partial charge on any atom is -0.379 e. The van der Waals surface area contributed by atoms with E-state index in [1.807, 2.05) is 6.07 Å². The number of pyridine rings is 1. The molecule has 0 radical (unpaired) electrons. The van der Waals surface area contributed by atoms with E-state index in [1.54, 1.807) is 13.2 Å². The van der Waals surface area contributed by atoms with Gasteiger partial charge in [0, 0.05) is 25.9 Å². The first-order valence-electron chi connectivity index (χ1n) is 7.76. The molecule has 2 N–H and O–H groups in total. The predicted octanol–water partition coefficient (Wildman–Crippen LogP) is 1.87. The summed E-state index contributed by atoms with van der Waals surface area (Å²) < 4.78 is 11.1. The first-order valence-corrected chi connectivity index (χ1v) is 7.76. The molecule has 2 unspecified atom stereocenters.